The van der Waals surface area contributed by atoms with Crippen molar-refractivity contribution >= 4 is 17.4 Å². The largest absolute Gasteiger partial charge is 0.380 e. The molecule has 0 fully saturated rings. The topological polar surface area (TPSA) is 24.9 Å². The van der Waals surface area contributed by atoms with E-state index in [1.165, 1.54) is 16.1 Å². The number of hydrogen-bond acceptors (Lipinski definition) is 3. The second kappa shape index (κ2) is 6.30. The van der Waals surface area contributed by atoms with E-state index in [9.17, 15) is 0 Å². The first-order valence-electron chi connectivity index (χ1n) is 5.74. The van der Waals surface area contributed by atoms with Crippen molar-refractivity contribution in [3.63, 3.8) is 0 Å². The van der Waals surface area contributed by atoms with Crippen LogP contribution in [-0.2, 0) is 6.54 Å². The van der Waals surface area contributed by atoms with Gasteiger partial charge in [-0.25, -0.2) is 0 Å². The second-order valence-corrected chi connectivity index (χ2v) is 4.95. The molecule has 88 valence electrons. The Morgan fingerprint density at radius 3 is 2.82 bits per heavy atom. The molecule has 0 radical (unpaired) electrons. The third-order valence-electron chi connectivity index (χ3n) is 2.39. The lowest BCUT2D eigenvalue weighted by Crippen LogP contribution is -2.00. The summed E-state index contributed by atoms with van der Waals surface area (Å²) in [5, 5.41) is 3.45. The Kier molecular flexibility index (Phi) is 4.45. The molecule has 0 saturated heterocycles. The number of hydrogen-bond donors (Lipinski definition) is 1. The zero-order valence-electron chi connectivity index (χ0n) is 9.89. The molecule has 0 atom stereocenters. The Morgan fingerprint density at radius 1 is 1.18 bits per heavy atom. The Labute approximate surface area is 106 Å². The van der Waals surface area contributed by atoms with E-state index in [0.29, 0.717) is 0 Å². The molecule has 0 aliphatic heterocycles. The third-order valence-corrected chi connectivity index (χ3v) is 3.35. The van der Waals surface area contributed by atoms with Crippen LogP contribution < -0.4 is 5.32 Å². The summed E-state index contributed by atoms with van der Waals surface area (Å²) in [6.45, 7) is 2.98. The molecule has 1 heterocycles. The smallest absolute Gasteiger partial charge is 0.0481 e. The standard InChI is InChI=1S/C14H16N2S/c1-2-17-14-8-4-3-7-13(14)16-11-12-6-5-9-15-10-12/h3-10,16H,2,11H2,1H3. The van der Waals surface area contributed by atoms with Gasteiger partial charge in [-0.3, -0.25) is 4.98 Å². The maximum absolute atomic E-state index is 4.11. The summed E-state index contributed by atoms with van der Waals surface area (Å²) in [7, 11) is 0. The fourth-order valence-corrected chi connectivity index (χ4v) is 2.38. The Balaban J connectivity index is 2.03. The van der Waals surface area contributed by atoms with Crippen LogP contribution in [0.3, 0.4) is 0 Å². The van der Waals surface area contributed by atoms with Gasteiger partial charge in [0, 0.05) is 29.5 Å². The zero-order valence-corrected chi connectivity index (χ0v) is 10.7. The minimum Gasteiger partial charge on any atom is -0.380 e. The van der Waals surface area contributed by atoms with Crippen LogP contribution in [0.1, 0.15) is 12.5 Å². The van der Waals surface area contributed by atoms with Gasteiger partial charge in [0.05, 0.1) is 0 Å². The first-order chi connectivity index (χ1) is 8.40. The number of thioether (sulfide) groups is 1. The van der Waals surface area contributed by atoms with E-state index in [4.69, 9.17) is 0 Å². The van der Waals surface area contributed by atoms with Crippen LogP contribution in [0.4, 0.5) is 5.69 Å². The first kappa shape index (κ1) is 12.0. The fourth-order valence-electron chi connectivity index (χ4n) is 1.59. The van der Waals surface area contributed by atoms with Crippen LogP contribution in [0.2, 0.25) is 0 Å². The molecule has 1 aromatic carbocycles. The third kappa shape index (κ3) is 3.49. The average Bonchev–Trinajstić information content (AvgIpc) is 2.39. The van der Waals surface area contributed by atoms with E-state index < -0.39 is 0 Å². The molecule has 17 heavy (non-hydrogen) atoms. The molecule has 0 amide bonds. The van der Waals surface area contributed by atoms with Crippen LogP contribution in [0.25, 0.3) is 0 Å². The Morgan fingerprint density at radius 2 is 2.06 bits per heavy atom. The van der Waals surface area contributed by atoms with E-state index in [-0.39, 0.29) is 0 Å². The van der Waals surface area contributed by atoms with E-state index >= 15 is 0 Å². The normalized spacial score (nSPS) is 10.2. The highest BCUT2D eigenvalue weighted by Gasteiger charge is 2.00. The molecule has 0 spiro atoms. The predicted molar refractivity (Wildman–Crippen MR) is 74.4 cm³/mol. The van der Waals surface area contributed by atoms with Crippen LogP contribution in [-0.4, -0.2) is 10.7 Å². The van der Waals surface area contributed by atoms with Crippen LogP contribution in [0.5, 0.6) is 0 Å². The molecule has 2 rings (SSSR count). The first-order valence-corrected chi connectivity index (χ1v) is 6.73. The van der Waals surface area contributed by atoms with Crippen LogP contribution in [0, 0.1) is 0 Å². The summed E-state index contributed by atoms with van der Waals surface area (Å²) in [6, 6.07) is 12.5. The minimum absolute atomic E-state index is 0.815. The van der Waals surface area contributed by atoms with Gasteiger partial charge in [0.15, 0.2) is 0 Å². The maximum Gasteiger partial charge on any atom is 0.0481 e. The molecule has 2 aromatic rings. The number of benzene rings is 1. The van der Waals surface area contributed by atoms with Gasteiger partial charge in [0.25, 0.3) is 0 Å². The van der Waals surface area contributed by atoms with Crippen molar-refractivity contribution in [2.24, 2.45) is 0 Å². The van der Waals surface area contributed by atoms with Crippen LogP contribution in [0.15, 0.2) is 53.7 Å². The number of pyridine rings is 1. The van der Waals surface area contributed by atoms with Gasteiger partial charge in [-0.05, 0) is 29.5 Å². The molecule has 1 aromatic heterocycles. The van der Waals surface area contributed by atoms with Crippen molar-refractivity contribution in [2.45, 2.75) is 18.4 Å². The van der Waals surface area contributed by atoms with Gasteiger partial charge in [-0.2, -0.15) is 0 Å². The summed E-state index contributed by atoms with van der Waals surface area (Å²) in [6.07, 6.45) is 3.69. The highest BCUT2D eigenvalue weighted by atomic mass is 32.2. The quantitative estimate of drug-likeness (QED) is 0.810. The molecule has 0 unspecified atom stereocenters. The number of nitrogens with zero attached hydrogens (tertiary/aromatic N) is 1. The molecular formula is C14H16N2S. The lowest BCUT2D eigenvalue weighted by molar-refractivity contribution is 1.10. The van der Waals surface area contributed by atoms with Crippen molar-refractivity contribution < 1.29 is 0 Å². The van der Waals surface area contributed by atoms with Crippen molar-refractivity contribution in [1.82, 2.24) is 4.98 Å². The van der Waals surface area contributed by atoms with Gasteiger partial charge in [-0.15, -0.1) is 11.8 Å². The van der Waals surface area contributed by atoms with E-state index in [1.807, 2.05) is 24.0 Å². The monoisotopic (exact) mass is 244 g/mol. The number of aromatic nitrogens is 1. The van der Waals surface area contributed by atoms with E-state index in [0.717, 1.165) is 12.3 Å². The number of rotatable bonds is 5. The van der Waals surface area contributed by atoms with Crippen molar-refractivity contribution in [3.05, 3.63) is 54.4 Å². The minimum atomic E-state index is 0.815. The van der Waals surface area contributed by atoms with Gasteiger partial charge in [0.1, 0.15) is 0 Å². The van der Waals surface area contributed by atoms with Gasteiger partial charge in [0.2, 0.25) is 0 Å². The molecule has 0 bridgehead atoms. The van der Waals surface area contributed by atoms with Crippen molar-refractivity contribution in [1.29, 1.82) is 0 Å². The SMILES string of the molecule is CCSc1ccccc1NCc1cccnc1. The van der Waals surface area contributed by atoms with Crippen molar-refractivity contribution in [2.75, 3.05) is 11.1 Å². The molecule has 2 nitrogen and oxygen atoms in total. The molecular weight excluding hydrogens is 228 g/mol. The van der Waals surface area contributed by atoms with Crippen LogP contribution >= 0.6 is 11.8 Å². The fraction of sp³-hybridized carbons (Fsp3) is 0.214. The zero-order chi connectivity index (χ0) is 11.9. The number of para-hydroxylation sites is 1. The average molecular weight is 244 g/mol. The molecule has 0 aliphatic carbocycles. The molecule has 1 N–H and O–H groups in total. The number of anilines is 1. The van der Waals surface area contributed by atoms with E-state index in [2.05, 4.69) is 47.6 Å². The molecule has 0 aliphatic rings. The summed E-state index contributed by atoms with van der Waals surface area (Å²) < 4.78 is 0. The van der Waals surface area contributed by atoms with Gasteiger partial charge < -0.3 is 5.32 Å². The second-order valence-electron chi connectivity index (χ2n) is 3.64. The maximum atomic E-state index is 4.11. The van der Waals surface area contributed by atoms with Gasteiger partial charge in [-0.1, -0.05) is 25.1 Å². The van der Waals surface area contributed by atoms with Gasteiger partial charge >= 0.3 is 0 Å². The predicted octanol–water partition coefficient (Wildman–Crippen LogP) is 3.81. The summed E-state index contributed by atoms with van der Waals surface area (Å²) in [4.78, 5) is 5.42. The molecule has 0 saturated carbocycles. The Bertz CT molecular complexity index is 457. The number of nitrogens with one attached hydrogen (secondary N) is 1. The highest BCUT2D eigenvalue weighted by molar-refractivity contribution is 7.99. The summed E-state index contributed by atoms with van der Waals surface area (Å²) in [5.74, 6) is 1.09. The Hall–Kier alpha value is -1.48. The summed E-state index contributed by atoms with van der Waals surface area (Å²) in [5.41, 5.74) is 2.40. The lowest BCUT2D eigenvalue weighted by Gasteiger charge is -2.10. The summed E-state index contributed by atoms with van der Waals surface area (Å²) >= 11 is 1.86. The van der Waals surface area contributed by atoms with E-state index in [1.54, 1.807) is 6.20 Å². The van der Waals surface area contributed by atoms with Crippen molar-refractivity contribution in [3.8, 4) is 0 Å². The highest BCUT2D eigenvalue weighted by Crippen LogP contribution is 2.26. The molecule has 3 heteroatoms. The lowest BCUT2D eigenvalue weighted by atomic mass is 10.2.